The Balaban J connectivity index is 1.94. The summed E-state index contributed by atoms with van der Waals surface area (Å²) in [6, 6.07) is 9.94. The zero-order valence-electron chi connectivity index (χ0n) is 14.8. The Morgan fingerprint density at radius 2 is 2.12 bits per heavy atom. The lowest BCUT2D eigenvalue weighted by atomic mass is 10.0. The van der Waals surface area contributed by atoms with Gasteiger partial charge in [-0.15, -0.1) is 0 Å². The van der Waals surface area contributed by atoms with Crippen LogP contribution in [0.1, 0.15) is 24.6 Å². The molecule has 0 unspecified atom stereocenters. The number of phenols is 1. The van der Waals surface area contributed by atoms with E-state index in [1.54, 1.807) is 5.01 Å². The highest BCUT2D eigenvalue weighted by atomic mass is 16.3. The van der Waals surface area contributed by atoms with Crippen LogP contribution in [0.15, 0.2) is 41.6 Å². The molecule has 1 aromatic heterocycles. The molecule has 1 aliphatic heterocycles. The van der Waals surface area contributed by atoms with Gasteiger partial charge in [0.2, 0.25) is 5.69 Å². The van der Waals surface area contributed by atoms with Gasteiger partial charge in [0, 0.05) is 44.5 Å². The van der Waals surface area contributed by atoms with Crippen molar-refractivity contribution in [2.24, 2.45) is 12.1 Å². The minimum absolute atomic E-state index is 0.263. The van der Waals surface area contributed by atoms with E-state index >= 15 is 0 Å². The summed E-state index contributed by atoms with van der Waals surface area (Å²) in [6.07, 6.45) is 4.18. The summed E-state index contributed by atoms with van der Waals surface area (Å²) < 4.78 is 2.04. The maximum atomic E-state index is 10.4. The van der Waals surface area contributed by atoms with Crippen molar-refractivity contribution in [1.29, 1.82) is 0 Å². The zero-order chi connectivity index (χ0) is 17.3. The molecule has 1 aromatic carbocycles. The highest BCUT2D eigenvalue weighted by molar-refractivity contribution is 5.96. The number of nitrogens with zero attached hydrogens (tertiary/aromatic N) is 4. The van der Waals surface area contributed by atoms with Crippen molar-refractivity contribution >= 4 is 17.1 Å². The number of fused-ring (bicyclic) bond motifs is 1. The summed E-state index contributed by atoms with van der Waals surface area (Å²) in [5.74, 6) is 0.263. The molecule has 0 bridgehead atoms. The van der Waals surface area contributed by atoms with Gasteiger partial charge in [-0.1, -0.05) is 0 Å². The molecular weight excluding hydrogens is 300 g/mol. The summed E-state index contributed by atoms with van der Waals surface area (Å²) in [4.78, 5) is 2.20. The van der Waals surface area contributed by atoms with E-state index in [1.807, 2.05) is 56.0 Å². The van der Waals surface area contributed by atoms with Crippen LogP contribution in [0.5, 0.6) is 5.75 Å². The average molecular weight is 325 g/mol. The van der Waals surface area contributed by atoms with E-state index in [0.717, 1.165) is 42.2 Å². The summed E-state index contributed by atoms with van der Waals surface area (Å²) in [6.45, 7) is 3.01. The molecule has 1 aliphatic rings. The van der Waals surface area contributed by atoms with Crippen molar-refractivity contribution in [3.8, 4) is 5.75 Å². The first-order valence-electron chi connectivity index (χ1n) is 8.28. The van der Waals surface area contributed by atoms with E-state index in [4.69, 9.17) is 0 Å². The summed E-state index contributed by atoms with van der Waals surface area (Å²) >= 11 is 0. The molecule has 0 aliphatic carbocycles. The Morgan fingerprint density at radius 3 is 2.88 bits per heavy atom. The number of phenolic OH excluding ortho intramolecular Hbond substituents is 1. The molecule has 0 saturated heterocycles. The van der Waals surface area contributed by atoms with Gasteiger partial charge in [0.25, 0.3) is 0 Å². The van der Waals surface area contributed by atoms with Crippen molar-refractivity contribution in [1.82, 2.24) is 0 Å². The number of aromatic nitrogens is 1. The summed E-state index contributed by atoms with van der Waals surface area (Å²) in [5.41, 5.74) is 5.06. The van der Waals surface area contributed by atoms with E-state index < -0.39 is 0 Å². The number of pyridine rings is 1. The Labute approximate surface area is 143 Å². The van der Waals surface area contributed by atoms with Gasteiger partial charge in [-0.2, -0.15) is 9.67 Å². The van der Waals surface area contributed by atoms with Gasteiger partial charge in [0.05, 0.1) is 0 Å². The zero-order valence-corrected chi connectivity index (χ0v) is 14.8. The van der Waals surface area contributed by atoms with E-state index in [0.29, 0.717) is 0 Å². The third kappa shape index (κ3) is 3.07. The second kappa shape index (κ2) is 6.51. The molecule has 0 fully saturated rings. The number of hydrogen-bond acceptors (Lipinski definition) is 4. The number of benzene rings is 1. The maximum Gasteiger partial charge on any atom is 0.228 e. The van der Waals surface area contributed by atoms with E-state index in [-0.39, 0.29) is 5.75 Å². The number of hydrazone groups is 1. The standard InChI is InChI=1S/C19H24N4O/c1-14(16-9-5-6-10-21(16)2)20-23(4)18-12-15-8-7-11-22(3)17(15)13-19(18)24/h5-6,9-10,12-13H,7-8,11H2,1-4H3/p+1. The molecule has 1 N–H and O–H groups in total. The molecule has 5 nitrogen and oxygen atoms in total. The third-order valence-corrected chi connectivity index (χ3v) is 4.60. The fourth-order valence-electron chi connectivity index (χ4n) is 3.28. The lowest BCUT2D eigenvalue weighted by Gasteiger charge is -2.29. The van der Waals surface area contributed by atoms with E-state index in [9.17, 15) is 5.11 Å². The highest BCUT2D eigenvalue weighted by Gasteiger charge is 2.19. The van der Waals surface area contributed by atoms with Gasteiger partial charge in [-0.25, -0.2) is 0 Å². The molecule has 2 heterocycles. The van der Waals surface area contributed by atoms with Crippen molar-refractivity contribution < 1.29 is 9.67 Å². The van der Waals surface area contributed by atoms with Gasteiger partial charge < -0.3 is 10.0 Å². The summed E-state index contributed by atoms with van der Waals surface area (Å²) in [7, 11) is 5.94. The Bertz CT molecular complexity index is 785. The topological polar surface area (TPSA) is 43.0 Å². The molecule has 24 heavy (non-hydrogen) atoms. The number of aromatic hydroxyl groups is 1. The Kier molecular flexibility index (Phi) is 4.42. The van der Waals surface area contributed by atoms with Crippen molar-refractivity contribution in [2.75, 3.05) is 30.5 Å². The normalized spacial score (nSPS) is 14.5. The lowest BCUT2D eigenvalue weighted by molar-refractivity contribution is -0.672. The molecular formula is C19H25N4O+. The molecule has 0 saturated carbocycles. The molecule has 0 spiro atoms. The van der Waals surface area contributed by atoms with Crippen LogP contribution in [0.25, 0.3) is 0 Å². The van der Waals surface area contributed by atoms with Crippen LogP contribution < -0.4 is 14.5 Å². The fourth-order valence-corrected chi connectivity index (χ4v) is 3.28. The fraction of sp³-hybridized carbons (Fsp3) is 0.368. The smallest absolute Gasteiger partial charge is 0.228 e. The molecule has 5 heteroatoms. The second-order valence-corrected chi connectivity index (χ2v) is 6.40. The van der Waals surface area contributed by atoms with Gasteiger partial charge in [-0.05, 0) is 37.5 Å². The van der Waals surface area contributed by atoms with Crippen LogP contribution >= 0.6 is 0 Å². The van der Waals surface area contributed by atoms with Gasteiger partial charge in [0.15, 0.2) is 6.20 Å². The first-order chi connectivity index (χ1) is 11.5. The molecule has 0 radical (unpaired) electrons. The quantitative estimate of drug-likeness (QED) is 0.535. The predicted molar refractivity (Wildman–Crippen MR) is 97.9 cm³/mol. The number of rotatable bonds is 3. The second-order valence-electron chi connectivity index (χ2n) is 6.40. The molecule has 0 atom stereocenters. The molecule has 0 amide bonds. The van der Waals surface area contributed by atoms with Gasteiger partial charge in [0.1, 0.15) is 24.2 Å². The van der Waals surface area contributed by atoms with Crippen LogP contribution in [0, 0.1) is 0 Å². The largest absolute Gasteiger partial charge is 0.506 e. The van der Waals surface area contributed by atoms with Gasteiger partial charge in [-0.3, -0.25) is 5.01 Å². The summed E-state index contributed by atoms with van der Waals surface area (Å²) in [5, 5.41) is 16.9. The Hall–Kier alpha value is -2.56. The first-order valence-corrected chi connectivity index (χ1v) is 8.28. The molecule has 2 aromatic rings. The molecule has 3 rings (SSSR count). The van der Waals surface area contributed by atoms with Crippen molar-refractivity contribution in [3.63, 3.8) is 0 Å². The maximum absolute atomic E-state index is 10.4. The van der Waals surface area contributed by atoms with Crippen molar-refractivity contribution in [2.45, 2.75) is 19.8 Å². The minimum Gasteiger partial charge on any atom is -0.506 e. The van der Waals surface area contributed by atoms with Crippen LogP contribution in [-0.2, 0) is 13.5 Å². The third-order valence-electron chi connectivity index (χ3n) is 4.60. The van der Waals surface area contributed by atoms with Crippen molar-refractivity contribution in [3.05, 3.63) is 47.8 Å². The number of aryl methyl sites for hydroxylation is 2. The van der Waals surface area contributed by atoms with Crippen LogP contribution in [0.3, 0.4) is 0 Å². The van der Waals surface area contributed by atoms with Crippen LogP contribution in [0.4, 0.5) is 11.4 Å². The molecule has 126 valence electrons. The SMILES string of the molecule is C/C(=N\N(C)c1cc2c(cc1O)N(C)CCC2)c1cccc[n+]1C. The van der Waals surface area contributed by atoms with E-state index in [1.165, 1.54) is 5.56 Å². The minimum atomic E-state index is 0.263. The monoisotopic (exact) mass is 325 g/mol. The van der Waals surface area contributed by atoms with E-state index in [2.05, 4.69) is 23.1 Å². The van der Waals surface area contributed by atoms with Gasteiger partial charge >= 0.3 is 0 Å². The first kappa shape index (κ1) is 16.3. The average Bonchev–Trinajstić information content (AvgIpc) is 2.55. The van der Waals surface area contributed by atoms with Crippen LogP contribution in [-0.4, -0.2) is 31.5 Å². The number of anilines is 2. The van der Waals surface area contributed by atoms with Crippen LogP contribution in [0.2, 0.25) is 0 Å². The highest BCUT2D eigenvalue weighted by Crippen LogP contribution is 2.37. The Morgan fingerprint density at radius 1 is 1.33 bits per heavy atom. The lowest BCUT2D eigenvalue weighted by Crippen LogP contribution is -2.35. The predicted octanol–water partition coefficient (Wildman–Crippen LogP) is 2.46. The number of hydrogen-bond donors (Lipinski definition) is 1.